The Morgan fingerprint density at radius 1 is 1.30 bits per heavy atom. The first-order valence-corrected chi connectivity index (χ1v) is 11.5. The number of hydrogen-bond acceptors (Lipinski definition) is 5. The second kappa shape index (κ2) is 6.74. The summed E-state index contributed by atoms with van der Waals surface area (Å²) in [5.41, 5.74) is 0. The van der Waals surface area contributed by atoms with Crippen LogP contribution < -0.4 is 0 Å². The normalized spacial score (nSPS) is 25.6. The molecule has 2 atom stereocenters. The molecule has 128 valence electrons. The predicted octanol–water partition coefficient (Wildman–Crippen LogP) is 2.36. The Bertz CT molecular complexity index is 686. The van der Waals surface area contributed by atoms with E-state index in [9.17, 15) is 13.2 Å². The van der Waals surface area contributed by atoms with E-state index in [0.29, 0.717) is 19.6 Å². The van der Waals surface area contributed by atoms with Crippen LogP contribution in [-0.4, -0.2) is 61.2 Å². The quantitative estimate of drug-likeness (QED) is 0.759. The molecule has 1 aromatic rings. The number of piperidine rings is 1. The van der Waals surface area contributed by atoms with E-state index in [1.807, 2.05) is 17.0 Å². The highest BCUT2D eigenvalue weighted by molar-refractivity contribution is 8.01. The molecule has 2 bridgehead atoms. The molecule has 5 nitrogen and oxygen atoms in total. The zero-order chi connectivity index (χ0) is 16.6. The molecule has 3 saturated heterocycles. The van der Waals surface area contributed by atoms with Crippen LogP contribution in [-0.2, 0) is 10.0 Å². The van der Waals surface area contributed by atoms with Gasteiger partial charge in [0, 0.05) is 25.7 Å². The lowest BCUT2D eigenvalue weighted by molar-refractivity contribution is 0.0594. The average molecular weight is 375 g/mol. The van der Waals surface area contributed by atoms with Crippen LogP contribution >= 0.6 is 23.1 Å². The van der Waals surface area contributed by atoms with E-state index in [-0.39, 0.29) is 17.9 Å². The van der Waals surface area contributed by atoms with E-state index < -0.39 is 10.0 Å². The van der Waals surface area contributed by atoms with Crippen molar-refractivity contribution in [3.05, 3.63) is 17.0 Å². The van der Waals surface area contributed by atoms with Crippen LogP contribution in [0.3, 0.4) is 0 Å². The molecule has 4 rings (SSSR count). The highest BCUT2D eigenvalue weighted by atomic mass is 32.2. The van der Waals surface area contributed by atoms with Gasteiger partial charge in [-0.1, -0.05) is 6.92 Å². The molecule has 0 saturated carbocycles. The van der Waals surface area contributed by atoms with Gasteiger partial charge in [0.1, 0.15) is 0 Å². The van der Waals surface area contributed by atoms with E-state index in [1.54, 1.807) is 16.1 Å². The van der Waals surface area contributed by atoms with Gasteiger partial charge in [0.05, 0.1) is 15.3 Å². The molecule has 0 N–H and O–H groups in total. The Morgan fingerprint density at radius 2 is 2.09 bits per heavy atom. The zero-order valence-electron chi connectivity index (χ0n) is 13.4. The fourth-order valence-electron chi connectivity index (χ4n) is 3.35. The van der Waals surface area contributed by atoms with Crippen molar-refractivity contribution in [2.24, 2.45) is 5.92 Å². The maximum absolute atomic E-state index is 12.9. The monoisotopic (exact) mass is 374 g/mol. The van der Waals surface area contributed by atoms with Crippen LogP contribution in [0.1, 0.15) is 29.4 Å². The Balaban J connectivity index is 1.79. The van der Waals surface area contributed by atoms with Gasteiger partial charge in [-0.05, 0) is 36.6 Å². The molecule has 3 fully saturated rings. The number of amides is 1. The maximum Gasteiger partial charge on any atom is 0.264 e. The first-order chi connectivity index (χ1) is 10.9. The van der Waals surface area contributed by atoms with Crippen molar-refractivity contribution in [2.75, 3.05) is 31.6 Å². The van der Waals surface area contributed by atoms with Gasteiger partial charge in [0.2, 0.25) is 10.0 Å². The lowest BCUT2D eigenvalue weighted by Crippen LogP contribution is -2.47. The fraction of sp³-hybridized carbons (Fsp3) is 0.667. The van der Waals surface area contributed by atoms with Crippen molar-refractivity contribution < 1.29 is 13.2 Å². The number of hydrogen-bond donors (Lipinski definition) is 0. The number of fused-ring (bicyclic) bond motifs is 4. The summed E-state index contributed by atoms with van der Waals surface area (Å²) in [5, 5.41) is 0. The second-order valence-electron chi connectivity index (χ2n) is 6.19. The molecule has 1 amide bonds. The van der Waals surface area contributed by atoms with Crippen LogP contribution in [0.2, 0.25) is 0 Å². The molecule has 23 heavy (non-hydrogen) atoms. The van der Waals surface area contributed by atoms with E-state index in [0.717, 1.165) is 27.7 Å². The maximum atomic E-state index is 12.9. The third-order valence-electron chi connectivity index (χ3n) is 4.49. The van der Waals surface area contributed by atoms with Crippen LogP contribution in [0.5, 0.6) is 0 Å². The van der Waals surface area contributed by atoms with Gasteiger partial charge in [-0.25, -0.2) is 8.42 Å². The minimum Gasteiger partial charge on any atom is -0.333 e. The summed E-state index contributed by atoms with van der Waals surface area (Å²) in [6.07, 6.45) is 3.16. The highest BCUT2D eigenvalue weighted by Gasteiger charge is 2.40. The Hall–Kier alpha value is -0.570. The van der Waals surface area contributed by atoms with Gasteiger partial charge in [-0.2, -0.15) is 4.31 Å². The summed E-state index contributed by atoms with van der Waals surface area (Å²) < 4.78 is 26.5. The van der Waals surface area contributed by atoms with Crippen molar-refractivity contribution in [3.8, 4) is 0 Å². The van der Waals surface area contributed by atoms with Crippen LogP contribution in [0, 0.1) is 5.92 Å². The number of rotatable bonds is 4. The van der Waals surface area contributed by atoms with E-state index in [1.165, 1.54) is 17.6 Å². The summed E-state index contributed by atoms with van der Waals surface area (Å²) in [7, 11) is -3.20. The smallest absolute Gasteiger partial charge is 0.264 e. The molecule has 3 aliphatic heterocycles. The SMILES string of the molecule is CCSc1ccc(C(=O)N2C[C@H]3CC[C@@H]2CN(S(C)(=O)=O)C3)s1. The molecule has 3 aliphatic rings. The van der Waals surface area contributed by atoms with Crippen molar-refractivity contribution in [1.82, 2.24) is 9.21 Å². The Kier molecular flexibility index (Phi) is 5.06. The molecule has 0 aliphatic carbocycles. The number of thiophene rings is 1. The second-order valence-corrected chi connectivity index (χ2v) is 10.8. The molecule has 0 spiro atoms. The van der Waals surface area contributed by atoms with Gasteiger partial charge in [-0.15, -0.1) is 23.1 Å². The van der Waals surface area contributed by atoms with Crippen LogP contribution in [0.15, 0.2) is 16.3 Å². The Labute approximate surface area is 146 Å². The minimum absolute atomic E-state index is 0.000327. The van der Waals surface area contributed by atoms with Gasteiger partial charge >= 0.3 is 0 Å². The van der Waals surface area contributed by atoms with Crippen LogP contribution in [0.25, 0.3) is 0 Å². The molecular formula is C15H22N2O3S3. The van der Waals surface area contributed by atoms with Gasteiger partial charge < -0.3 is 4.90 Å². The van der Waals surface area contributed by atoms with Crippen LogP contribution in [0.4, 0.5) is 0 Å². The van der Waals surface area contributed by atoms with Gasteiger partial charge in [-0.3, -0.25) is 4.79 Å². The lowest BCUT2D eigenvalue weighted by Gasteiger charge is -2.35. The van der Waals surface area contributed by atoms with Crippen molar-refractivity contribution >= 4 is 39.0 Å². The third kappa shape index (κ3) is 3.75. The van der Waals surface area contributed by atoms with Crippen molar-refractivity contribution in [2.45, 2.75) is 30.0 Å². The van der Waals surface area contributed by atoms with E-state index in [2.05, 4.69) is 6.92 Å². The van der Waals surface area contributed by atoms with E-state index in [4.69, 9.17) is 0 Å². The van der Waals surface area contributed by atoms with E-state index >= 15 is 0 Å². The first kappa shape index (κ1) is 17.3. The Morgan fingerprint density at radius 3 is 2.78 bits per heavy atom. The average Bonchev–Trinajstić information content (AvgIpc) is 2.75. The van der Waals surface area contributed by atoms with Crippen molar-refractivity contribution in [3.63, 3.8) is 0 Å². The standard InChI is InChI=1S/C15H22N2O3S3/c1-3-21-14-7-6-13(22-14)15(18)17-9-11-4-5-12(17)10-16(8-11)23(2,19)20/h6-7,11-12H,3-5,8-10H2,1-2H3/t11-,12+/m0/s1. The predicted molar refractivity (Wildman–Crippen MR) is 94.7 cm³/mol. The lowest BCUT2D eigenvalue weighted by atomic mass is 9.95. The fourth-order valence-corrected chi connectivity index (χ4v) is 6.28. The highest BCUT2D eigenvalue weighted by Crippen LogP contribution is 2.33. The summed E-state index contributed by atoms with van der Waals surface area (Å²) in [5.74, 6) is 1.30. The number of thioether (sulfide) groups is 1. The number of carbonyl (C=O) groups excluding carboxylic acids is 1. The topological polar surface area (TPSA) is 57.7 Å². The molecular weight excluding hydrogens is 352 g/mol. The molecule has 0 radical (unpaired) electrons. The number of sulfonamides is 1. The largest absolute Gasteiger partial charge is 0.333 e. The number of nitrogens with zero attached hydrogens (tertiary/aromatic N) is 2. The molecule has 4 heterocycles. The summed E-state index contributed by atoms with van der Waals surface area (Å²) in [6, 6.07) is 3.91. The number of carbonyl (C=O) groups is 1. The van der Waals surface area contributed by atoms with Crippen molar-refractivity contribution in [1.29, 1.82) is 0 Å². The minimum atomic E-state index is -3.20. The molecule has 8 heteroatoms. The first-order valence-electron chi connectivity index (χ1n) is 7.87. The summed E-state index contributed by atoms with van der Waals surface area (Å²) >= 11 is 3.28. The van der Waals surface area contributed by atoms with Gasteiger partial charge in [0.25, 0.3) is 5.91 Å². The summed E-state index contributed by atoms with van der Waals surface area (Å²) in [6.45, 7) is 3.74. The molecule has 1 aromatic heterocycles. The summed E-state index contributed by atoms with van der Waals surface area (Å²) in [4.78, 5) is 15.5. The molecule has 0 unspecified atom stereocenters. The third-order valence-corrected chi connectivity index (χ3v) is 7.91. The zero-order valence-corrected chi connectivity index (χ0v) is 15.8. The van der Waals surface area contributed by atoms with Gasteiger partial charge in [0.15, 0.2) is 0 Å². The molecule has 0 aromatic carbocycles.